The molecule has 9 heteroatoms. The number of nitrogens with one attached hydrogen (secondary N) is 2. The first-order valence-electron chi connectivity index (χ1n) is 12.6. The average Bonchev–Trinajstić information content (AvgIpc) is 3.22. The van der Waals surface area contributed by atoms with Gasteiger partial charge in [0, 0.05) is 30.4 Å². The number of aromatic nitrogens is 4. The van der Waals surface area contributed by atoms with Gasteiger partial charge in [0.15, 0.2) is 5.82 Å². The minimum atomic E-state index is -0.746. The molecule has 7 nitrogen and oxygen atoms in total. The van der Waals surface area contributed by atoms with Crippen LogP contribution in [0.15, 0.2) is 24.4 Å². The number of benzene rings is 1. The van der Waals surface area contributed by atoms with Crippen molar-refractivity contribution in [2.45, 2.75) is 77.5 Å². The predicted molar refractivity (Wildman–Crippen MR) is 131 cm³/mol. The summed E-state index contributed by atoms with van der Waals surface area (Å²) in [5, 5.41) is 11.1. The van der Waals surface area contributed by atoms with E-state index < -0.39 is 11.6 Å². The van der Waals surface area contributed by atoms with Gasteiger partial charge in [-0.2, -0.15) is 9.50 Å². The lowest BCUT2D eigenvalue weighted by molar-refractivity contribution is -0.0438. The van der Waals surface area contributed by atoms with E-state index in [1.54, 1.807) is 12.3 Å². The van der Waals surface area contributed by atoms with Gasteiger partial charge in [-0.25, -0.2) is 13.8 Å². The predicted octanol–water partition coefficient (Wildman–Crippen LogP) is 5.22. The Morgan fingerprint density at radius 2 is 1.80 bits per heavy atom. The average molecular weight is 485 g/mol. The summed E-state index contributed by atoms with van der Waals surface area (Å²) in [4.78, 5) is 8.48. The van der Waals surface area contributed by atoms with E-state index in [9.17, 15) is 0 Å². The van der Waals surface area contributed by atoms with Crippen LogP contribution in [0.4, 0.5) is 14.6 Å². The zero-order valence-electron chi connectivity index (χ0n) is 20.8. The minimum absolute atomic E-state index is 0.000107. The maximum Gasteiger partial charge on any atom is 0.254 e. The molecular weight excluding hydrogens is 450 g/mol. The Morgan fingerprint density at radius 3 is 2.43 bits per heavy atom. The van der Waals surface area contributed by atoms with Crippen molar-refractivity contribution in [3.05, 3.63) is 36.0 Å². The van der Waals surface area contributed by atoms with E-state index in [0.29, 0.717) is 23.2 Å². The summed E-state index contributed by atoms with van der Waals surface area (Å²) in [5.74, 6) is -0.00486. The standard InChI is InChI=1S/C26H34F2N6O/c1-15(2)16(3)31-22-7-10-30-25-32-24(33-34(22)25)23-20(27)11-18(12-21(23)28)35-19-13-26(14-19)8-5-17(29-4)6-9-26/h7,10-12,15-17,19,29,31H,5-6,8-9,13-14H2,1-4H3. The van der Waals surface area contributed by atoms with Crippen LogP contribution in [0.3, 0.4) is 0 Å². The lowest BCUT2D eigenvalue weighted by Gasteiger charge is -2.51. The van der Waals surface area contributed by atoms with Crippen molar-refractivity contribution in [1.82, 2.24) is 24.9 Å². The molecule has 2 aromatic heterocycles. The Morgan fingerprint density at radius 1 is 1.11 bits per heavy atom. The Hall–Kier alpha value is -2.81. The molecule has 2 heterocycles. The fourth-order valence-corrected chi connectivity index (χ4v) is 5.35. The number of anilines is 1. The van der Waals surface area contributed by atoms with Crippen molar-refractivity contribution < 1.29 is 13.5 Å². The highest BCUT2D eigenvalue weighted by molar-refractivity contribution is 5.61. The van der Waals surface area contributed by atoms with Crippen molar-refractivity contribution in [2.75, 3.05) is 12.4 Å². The molecule has 2 saturated carbocycles. The molecule has 0 radical (unpaired) electrons. The lowest BCUT2D eigenvalue weighted by atomic mass is 9.58. The monoisotopic (exact) mass is 484 g/mol. The van der Waals surface area contributed by atoms with Gasteiger partial charge in [0.2, 0.25) is 0 Å². The molecular formula is C26H34F2N6O. The van der Waals surface area contributed by atoms with Crippen molar-refractivity contribution in [2.24, 2.45) is 11.3 Å². The van der Waals surface area contributed by atoms with Crippen LogP contribution < -0.4 is 15.4 Å². The molecule has 5 rings (SSSR count). The second kappa shape index (κ2) is 9.33. The molecule has 1 atom stereocenters. The highest BCUT2D eigenvalue weighted by Crippen LogP contribution is 2.52. The molecule has 1 unspecified atom stereocenters. The number of nitrogens with zero attached hydrogens (tertiary/aromatic N) is 4. The van der Waals surface area contributed by atoms with Gasteiger partial charge in [0.25, 0.3) is 5.78 Å². The lowest BCUT2D eigenvalue weighted by Crippen LogP contribution is -2.48. The first kappa shape index (κ1) is 23.9. The number of rotatable bonds is 7. The van der Waals surface area contributed by atoms with E-state index in [1.165, 1.54) is 42.3 Å². The molecule has 0 aliphatic heterocycles. The van der Waals surface area contributed by atoms with Gasteiger partial charge >= 0.3 is 0 Å². The summed E-state index contributed by atoms with van der Waals surface area (Å²) in [6.45, 7) is 6.27. The normalized spacial score (nSPS) is 25.1. The SMILES string of the molecule is CNC1CCC2(CC1)CC(Oc1cc(F)c(-c3nc4nccc(NC(C)C(C)C)n4n3)c(F)c1)C2. The van der Waals surface area contributed by atoms with E-state index >= 15 is 8.78 Å². The first-order valence-corrected chi connectivity index (χ1v) is 12.6. The molecule has 0 bridgehead atoms. The van der Waals surface area contributed by atoms with Gasteiger partial charge in [0.05, 0.1) is 11.7 Å². The minimum Gasteiger partial charge on any atom is -0.490 e. The van der Waals surface area contributed by atoms with Gasteiger partial charge in [0.1, 0.15) is 23.2 Å². The van der Waals surface area contributed by atoms with Gasteiger partial charge in [-0.3, -0.25) is 0 Å². The largest absolute Gasteiger partial charge is 0.490 e. The second-order valence-corrected chi connectivity index (χ2v) is 10.6. The molecule has 1 aromatic carbocycles. The highest BCUT2D eigenvalue weighted by atomic mass is 19.1. The maximum atomic E-state index is 15.1. The van der Waals surface area contributed by atoms with E-state index in [2.05, 4.69) is 46.5 Å². The van der Waals surface area contributed by atoms with E-state index in [1.807, 2.05) is 7.05 Å². The number of hydrogen-bond donors (Lipinski definition) is 2. The molecule has 2 N–H and O–H groups in total. The summed E-state index contributed by atoms with van der Waals surface area (Å²) in [6, 6.07) is 5.01. The van der Waals surface area contributed by atoms with Gasteiger partial charge in [-0.05, 0) is 69.9 Å². The molecule has 35 heavy (non-hydrogen) atoms. The van der Waals surface area contributed by atoms with Crippen LogP contribution >= 0.6 is 0 Å². The summed E-state index contributed by atoms with van der Waals surface area (Å²) in [6.07, 6.45) is 8.20. The molecule has 1 spiro atoms. The zero-order valence-corrected chi connectivity index (χ0v) is 20.8. The zero-order chi connectivity index (χ0) is 24.7. The van der Waals surface area contributed by atoms with E-state index in [-0.39, 0.29) is 35.1 Å². The van der Waals surface area contributed by atoms with Gasteiger partial charge in [-0.1, -0.05) is 13.8 Å². The van der Waals surface area contributed by atoms with Gasteiger partial charge in [-0.15, -0.1) is 5.10 Å². The fraction of sp³-hybridized carbons (Fsp3) is 0.577. The second-order valence-electron chi connectivity index (χ2n) is 10.6. The van der Waals surface area contributed by atoms with Crippen molar-refractivity contribution in [3.63, 3.8) is 0 Å². The third-order valence-electron chi connectivity index (χ3n) is 7.93. The fourth-order valence-electron chi connectivity index (χ4n) is 5.35. The summed E-state index contributed by atoms with van der Waals surface area (Å²) >= 11 is 0. The summed E-state index contributed by atoms with van der Waals surface area (Å²) < 4.78 is 37.6. The summed E-state index contributed by atoms with van der Waals surface area (Å²) in [7, 11) is 2.02. The Labute approximate surface area is 204 Å². The van der Waals surface area contributed by atoms with Crippen LogP contribution in [0.1, 0.15) is 59.3 Å². The topological polar surface area (TPSA) is 76.4 Å². The maximum absolute atomic E-state index is 15.1. The Kier molecular flexibility index (Phi) is 6.38. The molecule has 2 fully saturated rings. The van der Waals surface area contributed by atoms with E-state index in [0.717, 1.165) is 12.8 Å². The summed E-state index contributed by atoms with van der Waals surface area (Å²) in [5.41, 5.74) is 0.0579. The molecule has 0 saturated heterocycles. The smallest absolute Gasteiger partial charge is 0.254 e. The number of ether oxygens (including phenoxy) is 1. The van der Waals surface area contributed by atoms with Crippen LogP contribution in [0.25, 0.3) is 17.2 Å². The molecule has 188 valence electrons. The molecule has 2 aliphatic rings. The first-order chi connectivity index (χ1) is 16.8. The van der Waals surface area contributed by atoms with Crippen LogP contribution in [-0.4, -0.2) is 44.8 Å². The van der Waals surface area contributed by atoms with Crippen molar-refractivity contribution in [1.29, 1.82) is 0 Å². The number of halogens is 2. The van der Waals surface area contributed by atoms with Crippen LogP contribution in [0.2, 0.25) is 0 Å². The van der Waals surface area contributed by atoms with E-state index in [4.69, 9.17) is 4.74 Å². The Bertz CT molecular complexity index is 1170. The Balaban J connectivity index is 1.31. The molecule has 3 aromatic rings. The third-order valence-corrected chi connectivity index (χ3v) is 7.93. The van der Waals surface area contributed by atoms with Crippen LogP contribution in [-0.2, 0) is 0 Å². The highest BCUT2D eigenvalue weighted by Gasteiger charge is 2.47. The van der Waals surface area contributed by atoms with Crippen LogP contribution in [0, 0.1) is 23.0 Å². The van der Waals surface area contributed by atoms with Crippen LogP contribution in [0.5, 0.6) is 5.75 Å². The molecule has 0 amide bonds. The third kappa shape index (κ3) is 4.70. The molecule has 2 aliphatic carbocycles. The quantitative estimate of drug-likeness (QED) is 0.479. The van der Waals surface area contributed by atoms with Crippen molar-refractivity contribution in [3.8, 4) is 17.1 Å². The van der Waals surface area contributed by atoms with Crippen molar-refractivity contribution >= 4 is 11.6 Å². The number of fused-ring (bicyclic) bond motifs is 1. The van der Waals surface area contributed by atoms with Gasteiger partial charge < -0.3 is 15.4 Å². The number of hydrogen-bond acceptors (Lipinski definition) is 6.